The van der Waals surface area contributed by atoms with Crippen LogP contribution < -0.4 is 10.5 Å². The maximum absolute atomic E-state index is 12.0. The Morgan fingerprint density at radius 3 is 2.45 bits per heavy atom. The van der Waals surface area contributed by atoms with Crippen molar-refractivity contribution >= 4 is 5.97 Å². The molecule has 2 N–H and O–H groups in total. The van der Waals surface area contributed by atoms with Crippen LogP contribution in [-0.2, 0) is 20.7 Å². The zero-order valence-corrected chi connectivity index (χ0v) is 14.1. The molecule has 124 valence electrons. The predicted octanol–water partition coefficient (Wildman–Crippen LogP) is 2.61. The summed E-state index contributed by atoms with van der Waals surface area (Å²) in [5.74, 6) is 0.408. The molecule has 5 nitrogen and oxygen atoms in total. The van der Waals surface area contributed by atoms with E-state index in [4.69, 9.17) is 19.9 Å². The Hall–Kier alpha value is -1.59. The molecule has 5 heteroatoms. The molecule has 2 atom stereocenters. The number of esters is 1. The topological polar surface area (TPSA) is 70.8 Å². The molecule has 0 heterocycles. The maximum Gasteiger partial charge on any atom is 0.335 e. The molecule has 0 spiro atoms. The van der Waals surface area contributed by atoms with Gasteiger partial charge in [0.15, 0.2) is 6.10 Å². The highest BCUT2D eigenvalue weighted by molar-refractivity contribution is 5.75. The Bertz CT molecular complexity index is 486. The van der Waals surface area contributed by atoms with Crippen LogP contribution in [0.3, 0.4) is 0 Å². The van der Waals surface area contributed by atoms with Gasteiger partial charge in [-0.2, -0.15) is 0 Å². The van der Waals surface area contributed by atoms with Crippen molar-refractivity contribution in [1.82, 2.24) is 0 Å². The predicted molar refractivity (Wildman–Crippen MR) is 85.9 cm³/mol. The summed E-state index contributed by atoms with van der Waals surface area (Å²) in [5.41, 5.74) is 7.85. The van der Waals surface area contributed by atoms with E-state index in [0.717, 1.165) is 16.9 Å². The van der Waals surface area contributed by atoms with Crippen LogP contribution in [-0.4, -0.2) is 31.9 Å². The highest BCUT2D eigenvalue weighted by Crippen LogP contribution is 2.25. The van der Waals surface area contributed by atoms with Crippen molar-refractivity contribution in [1.29, 1.82) is 0 Å². The molecule has 22 heavy (non-hydrogen) atoms. The van der Waals surface area contributed by atoms with Crippen molar-refractivity contribution in [3.05, 3.63) is 29.3 Å². The highest BCUT2D eigenvalue weighted by Gasteiger charge is 2.23. The number of carbonyl (C=O) groups excluding carboxylic acids is 1. The van der Waals surface area contributed by atoms with Gasteiger partial charge in [-0.3, -0.25) is 0 Å². The molecule has 0 fully saturated rings. The molecule has 0 aliphatic heterocycles. The molecule has 0 aliphatic rings. The van der Waals surface area contributed by atoms with Gasteiger partial charge in [0, 0.05) is 18.0 Å². The van der Waals surface area contributed by atoms with E-state index in [1.54, 1.807) is 14.0 Å². The van der Waals surface area contributed by atoms with Crippen LogP contribution >= 0.6 is 0 Å². The van der Waals surface area contributed by atoms with Crippen molar-refractivity contribution in [3.63, 3.8) is 0 Å². The minimum atomic E-state index is -0.616. The summed E-state index contributed by atoms with van der Waals surface area (Å²) >= 11 is 0. The summed E-state index contributed by atoms with van der Waals surface area (Å²) in [5, 5.41) is 0. The lowest BCUT2D eigenvalue weighted by Crippen LogP contribution is -2.31. The molecule has 2 unspecified atom stereocenters. The van der Waals surface area contributed by atoms with Gasteiger partial charge in [-0.05, 0) is 39.3 Å². The molecule has 1 rings (SSSR count). The molecular formula is C17H27NO4. The number of rotatable bonds is 8. The Morgan fingerprint density at radius 2 is 1.95 bits per heavy atom. The summed E-state index contributed by atoms with van der Waals surface area (Å²) in [6, 6.07) is 5.59. The second kappa shape index (κ2) is 8.76. The Kier molecular flexibility index (Phi) is 7.35. The molecule has 0 aliphatic carbocycles. The van der Waals surface area contributed by atoms with E-state index in [9.17, 15) is 4.79 Å². The lowest BCUT2D eigenvalue weighted by atomic mass is 10.0. The van der Waals surface area contributed by atoms with E-state index in [2.05, 4.69) is 0 Å². The zero-order chi connectivity index (χ0) is 16.7. The minimum Gasteiger partial charge on any atom is -0.496 e. The molecule has 1 aromatic rings. The average molecular weight is 309 g/mol. The quantitative estimate of drug-likeness (QED) is 0.747. The van der Waals surface area contributed by atoms with Crippen molar-refractivity contribution in [2.75, 3.05) is 13.7 Å². The zero-order valence-electron chi connectivity index (χ0n) is 14.1. The first-order valence-electron chi connectivity index (χ1n) is 7.63. The van der Waals surface area contributed by atoms with E-state index in [-0.39, 0.29) is 18.1 Å². The fourth-order valence-corrected chi connectivity index (χ4v) is 2.23. The van der Waals surface area contributed by atoms with Crippen molar-refractivity contribution in [2.24, 2.45) is 5.73 Å². The number of carbonyl (C=O) groups is 1. The van der Waals surface area contributed by atoms with Crippen LogP contribution in [0.15, 0.2) is 18.2 Å². The number of ether oxygens (including phenoxy) is 3. The third-order valence-electron chi connectivity index (χ3n) is 3.19. The molecule has 0 saturated heterocycles. The van der Waals surface area contributed by atoms with E-state index in [1.807, 2.05) is 39.0 Å². The third kappa shape index (κ3) is 5.31. The van der Waals surface area contributed by atoms with E-state index in [1.165, 1.54) is 0 Å². The van der Waals surface area contributed by atoms with Crippen LogP contribution in [0, 0.1) is 0 Å². The van der Waals surface area contributed by atoms with Crippen LogP contribution in [0.4, 0.5) is 0 Å². The Balaban J connectivity index is 2.97. The largest absolute Gasteiger partial charge is 0.496 e. The average Bonchev–Trinajstić information content (AvgIpc) is 2.46. The highest BCUT2D eigenvalue weighted by atomic mass is 16.6. The van der Waals surface area contributed by atoms with E-state index < -0.39 is 6.10 Å². The molecule has 0 bridgehead atoms. The summed E-state index contributed by atoms with van der Waals surface area (Å²) in [4.78, 5) is 12.0. The van der Waals surface area contributed by atoms with Crippen LogP contribution in [0.25, 0.3) is 0 Å². The Labute approximate surface area is 132 Å². The number of nitrogens with two attached hydrogens (primary N) is 1. The smallest absolute Gasteiger partial charge is 0.335 e. The molecule has 1 aromatic carbocycles. The lowest BCUT2D eigenvalue weighted by Gasteiger charge is -2.20. The normalized spacial score (nSPS) is 13.8. The second-order valence-electron chi connectivity index (χ2n) is 5.49. The van der Waals surface area contributed by atoms with Gasteiger partial charge < -0.3 is 19.9 Å². The summed E-state index contributed by atoms with van der Waals surface area (Å²) < 4.78 is 16.1. The standard InChI is InChI=1S/C17H27NO4/c1-6-21-17(19)16(22-11(2)3)10-13-7-8-15(20-5)14(9-13)12(4)18/h7-9,11-12,16H,6,10,18H2,1-5H3. The summed E-state index contributed by atoms with van der Waals surface area (Å²) in [7, 11) is 1.62. The molecular weight excluding hydrogens is 282 g/mol. The first-order valence-corrected chi connectivity index (χ1v) is 7.63. The van der Waals surface area contributed by atoms with Gasteiger partial charge >= 0.3 is 5.97 Å². The summed E-state index contributed by atoms with van der Waals surface area (Å²) in [6.45, 7) is 7.81. The van der Waals surface area contributed by atoms with Gasteiger partial charge in [-0.25, -0.2) is 4.79 Å². The van der Waals surface area contributed by atoms with Crippen LogP contribution in [0.2, 0.25) is 0 Å². The fourth-order valence-electron chi connectivity index (χ4n) is 2.23. The first-order chi connectivity index (χ1) is 10.4. The lowest BCUT2D eigenvalue weighted by molar-refractivity contribution is -0.159. The number of hydrogen-bond acceptors (Lipinski definition) is 5. The minimum absolute atomic E-state index is 0.0550. The molecule has 0 saturated carbocycles. The van der Waals surface area contributed by atoms with Crippen molar-refractivity contribution < 1.29 is 19.0 Å². The van der Waals surface area contributed by atoms with Crippen molar-refractivity contribution in [2.45, 2.75) is 52.4 Å². The van der Waals surface area contributed by atoms with Gasteiger partial charge in [0.2, 0.25) is 0 Å². The van der Waals surface area contributed by atoms with Gasteiger partial charge in [-0.15, -0.1) is 0 Å². The van der Waals surface area contributed by atoms with E-state index >= 15 is 0 Å². The van der Waals surface area contributed by atoms with Gasteiger partial charge in [0.05, 0.1) is 19.8 Å². The molecule has 0 aromatic heterocycles. The third-order valence-corrected chi connectivity index (χ3v) is 3.19. The van der Waals surface area contributed by atoms with Crippen molar-refractivity contribution in [3.8, 4) is 5.75 Å². The number of hydrogen-bond donors (Lipinski definition) is 1. The summed E-state index contributed by atoms with van der Waals surface area (Å²) in [6.07, 6.45) is -0.226. The number of benzene rings is 1. The first kappa shape index (κ1) is 18.5. The number of methoxy groups -OCH3 is 1. The van der Waals surface area contributed by atoms with Gasteiger partial charge in [-0.1, -0.05) is 12.1 Å². The second-order valence-corrected chi connectivity index (χ2v) is 5.49. The Morgan fingerprint density at radius 1 is 1.27 bits per heavy atom. The van der Waals surface area contributed by atoms with Gasteiger partial charge in [0.1, 0.15) is 5.75 Å². The molecule has 0 amide bonds. The van der Waals surface area contributed by atoms with Crippen LogP contribution in [0.5, 0.6) is 5.75 Å². The SMILES string of the molecule is CCOC(=O)C(Cc1ccc(OC)c(C(C)N)c1)OC(C)C. The maximum atomic E-state index is 12.0. The van der Waals surface area contributed by atoms with E-state index in [0.29, 0.717) is 13.0 Å². The van der Waals surface area contributed by atoms with Gasteiger partial charge in [0.25, 0.3) is 0 Å². The molecule has 0 radical (unpaired) electrons. The van der Waals surface area contributed by atoms with Crippen LogP contribution in [0.1, 0.15) is 44.9 Å². The monoisotopic (exact) mass is 309 g/mol. The fraction of sp³-hybridized carbons (Fsp3) is 0.588.